The van der Waals surface area contributed by atoms with E-state index in [1.54, 1.807) is 36.4 Å². The van der Waals surface area contributed by atoms with E-state index in [9.17, 15) is 9.59 Å². The predicted molar refractivity (Wildman–Crippen MR) is 115 cm³/mol. The molecular weight excluding hydrogens is 400 g/mol. The molecule has 4 rings (SSSR count). The molecule has 2 aromatic carbocycles. The zero-order chi connectivity index (χ0) is 21.3. The second kappa shape index (κ2) is 7.91. The molecule has 1 N–H and O–H groups in total. The van der Waals surface area contributed by atoms with Crippen LogP contribution in [-0.2, 0) is 16.1 Å². The number of thioether (sulfide) groups is 1. The topological polar surface area (TPSA) is 93.0 Å². The molecule has 0 saturated heterocycles. The molecular formula is C21H22N6O2S. The molecule has 0 saturated carbocycles. The maximum atomic E-state index is 13.5. The maximum absolute atomic E-state index is 13.5. The average Bonchev–Trinajstić information content (AvgIpc) is 3.15. The molecule has 9 heteroatoms. The number of anilines is 2. The zero-order valence-electron chi connectivity index (χ0n) is 16.9. The van der Waals surface area contributed by atoms with E-state index in [-0.39, 0.29) is 11.8 Å². The van der Waals surface area contributed by atoms with Gasteiger partial charge in [0.2, 0.25) is 17.0 Å². The van der Waals surface area contributed by atoms with Gasteiger partial charge in [-0.1, -0.05) is 54.2 Å². The zero-order valence-corrected chi connectivity index (χ0v) is 17.8. The van der Waals surface area contributed by atoms with Crippen molar-refractivity contribution in [1.82, 2.24) is 20.2 Å². The number of benzene rings is 2. The van der Waals surface area contributed by atoms with Crippen molar-refractivity contribution in [2.45, 2.75) is 43.3 Å². The van der Waals surface area contributed by atoms with Crippen LogP contribution < -0.4 is 10.2 Å². The van der Waals surface area contributed by atoms with Gasteiger partial charge in [-0.15, -0.1) is 5.10 Å². The number of aromatic nitrogens is 4. The first kappa shape index (κ1) is 20.1. The lowest BCUT2D eigenvalue weighted by atomic mass is 9.96. The van der Waals surface area contributed by atoms with Gasteiger partial charge in [0.05, 0.1) is 23.2 Å². The van der Waals surface area contributed by atoms with Gasteiger partial charge >= 0.3 is 0 Å². The molecule has 0 radical (unpaired) electrons. The van der Waals surface area contributed by atoms with E-state index in [0.717, 1.165) is 5.56 Å². The van der Waals surface area contributed by atoms with Crippen molar-refractivity contribution in [1.29, 1.82) is 0 Å². The van der Waals surface area contributed by atoms with Crippen molar-refractivity contribution in [2.24, 2.45) is 0 Å². The number of rotatable bonds is 5. The number of carbonyl (C=O) groups excluding carboxylic acids is 2. The normalized spacial score (nSPS) is 16.0. The summed E-state index contributed by atoms with van der Waals surface area (Å²) in [7, 11) is 0. The molecule has 1 aromatic heterocycles. The molecule has 0 spiro atoms. The number of tetrazole rings is 1. The van der Waals surface area contributed by atoms with E-state index < -0.39 is 10.8 Å². The molecule has 2 heterocycles. The molecule has 3 aromatic rings. The SMILES string of the molecule is C[C@H](Sc1nnnn1Cc1ccccc1)C(=O)N1c2ccccc2NC(=O)C1(C)C. The van der Waals surface area contributed by atoms with Gasteiger partial charge in [0.25, 0.3) is 0 Å². The van der Waals surface area contributed by atoms with Gasteiger partial charge in [0, 0.05) is 0 Å². The number of nitrogens with zero attached hydrogens (tertiary/aromatic N) is 5. The first-order valence-corrected chi connectivity index (χ1v) is 10.5. The Bertz CT molecular complexity index is 1080. The smallest absolute Gasteiger partial charge is 0.250 e. The fourth-order valence-corrected chi connectivity index (χ4v) is 4.20. The van der Waals surface area contributed by atoms with Crippen molar-refractivity contribution < 1.29 is 9.59 Å². The summed E-state index contributed by atoms with van der Waals surface area (Å²) in [5, 5.41) is 14.9. The number of hydrogen-bond acceptors (Lipinski definition) is 6. The van der Waals surface area contributed by atoms with E-state index in [1.165, 1.54) is 11.8 Å². The fourth-order valence-electron chi connectivity index (χ4n) is 3.37. The second-order valence-corrected chi connectivity index (χ2v) is 8.88. The molecule has 0 fully saturated rings. The Balaban J connectivity index is 1.58. The first-order chi connectivity index (χ1) is 14.4. The summed E-state index contributed by atoms with van der Waals surface area (Å²) in [4.78, 5) is 27.7. The molecule has 2 amide bonds. The van der Waals surface area contributed by atoms with Gasteiger partial charge in [-0.25, -0.2) is 4.68 Å². The third kappa shape index (κ3) is 3.68. The number of carbonyl (C=O) groups is 2. The fraction of sp³-hybridized carbons (Fsp3) is 0.286. The average molecular weight is 423 g/mol. The van der Waals surface area contributed by atoms with Gasteiger partial charge in [-0.3, -0.25) is 14.5 Å². The van der Waals surface area contributed by atoms with E-state index in [0.29, 0.717) is 23.1 Å². The Hall–Kier alpha value is -3.20. The predicted octanol–water partition coefficient (Wildman–Crippen LogP) is 2.97. The molecule has 1 atom stereocenters. The number of amides is 2. The van der Waals surface area contributed by atoms with Crippen molar-refractivity contribution in [3.8, 4) is 0 Å². The lowest BCUT2D eigenvalue weighted by Crippen LogP contribution is -2.60. The Morgan fingerprint density at radius 1 is 1.13 bits per heavy atom. The highest BCUT2D eigenvalue weighted by Crippen LogP contribution is 2.38. The Morgan fingerprint density at radius 2 is 1.83 bits per heavy atom. The van der Waals surface area contributed by atoms with Gasteiger partial charge in [0.1, 0.15) is 5.54 Å². The van der Waals surface area contributed by atoms with Crippen LogP contribution in [0, 0.1) is 0 Å². The highest BCUT2D eigenvalue weighted by molar-refractivity contribution is 8.00. The minimum atomic E-state index is -1.02. The molecule has 0 unspecified atom stereocenters. The minimum Gasteiger partial charge on any atom is -0.322 e. The van der Waals surface area contributed by atoms with Gasteiger partial charge in [0.15, 0.2) is 0 Å². The van der Waals surface area contributed by atoms with Crippen LogP contribution >= 0.6 is 11.8 Å². The van der Waals surface area contributed by atoms with Crippen molar-refractivity contribution in [2.75, 3.05) is 10.2 Å². The summed E-state index contributed by atoms with van der Waals surface area (Å²) in [5.41, 5.74) is 1.36. The highest BCUT2D eigenvalue weighted by atomic mass is 32.2. The largest absolute Gasteiger partial charge is 0.322 e. The second-order valence-electron chi connectivity index (χ2n) is 7.57. The third-order valence-corrected chi connectivity index (χ3v) is 6.09. The van der Waals surface area contributed by atoms with Crippen LogP contribution in [0.25, 0.3) is 0 Å². The molecule has 0 aliphatic carbocycles. The van der Waals surface area contributed by atoms with Crippen LogP contribution in [0.1, 0.15) is 26.3 Å². The van der Waals surface area contributed by atoms with E-state index in [4.69, 9.17) is 0 Å². The summed E-state index contributed by atoms with van der Waals surface area (Å²) in [6.45, 7) is 5.80. The number of nitrogens with one attached hydrogen (secondary N) is 1. The Kier molecular flexibility index (Phi) is 5.29. The number of hydrogen-bond donors (Lipinski definition) is 1. The molecule has 0 bridgehead atoms. The number of para-hydroxylation sites is 2. The van der Waals surface area contributed by atoms with Crippen LogP contribution in [-0.4, -0.2) is 42.8 Å². The first-order valence-electron chi connectivity index (χ1n) is 9.59. The summed E-state index contributed by atoms with van der Waals surface area (Å²) in [6, 6.07) is 17.2. The Morgan fingerprint density at radius 3 is 2.60 bits per heavy atom. The van der Waals surface area contributed by atoms with Crippen LogP contribution in [0.5, 0.6) is 0 Å². The van der Waals surface area contributed by atoms with Gasteiger partial charge in [-0.05, 0) is 48.9 Å². The van der Waals surface area contributed by atoms with Gasteiger partial charge in [-0.2, -0.15) is 0 Å². The van der Waals surface area contributed by atoms with Crippen LogP contribution in [0.15, 0.2) is 59.8 Å². The lowest BCUT2D eigenvalue weighted by Gasteiger charge is -2.43. The van der Waals surface area contributed by atoms with Crippen molar-refractivity contribution in [3.63, 3.8) is 0 Å². The third-order valence-electron chi connectivity index (χ3n) is 5.03. The quantitative estimate of drug-likeness (QED) is 0.636. The Labute approximate surface area is 178 Å². The number of fused-ring (bicyclic) bond motifs is 1. The van der Waals surface area contributed by atoms with Crippen molar-refractivity contribution in [3.05, 3.63) is 60.2 Å². The van der Waals surface area contributed by atoms with Crippen molar-refractivity contribution >= 4 is 35.0 Å². The standard InChI is InChI=1S/C21H22N6O2S/c1-14(30-20-23-24-25-26(20)13-15-9-5-4-6-10-15)18(28)27-17-12-8-7-11-16(17)22-19(29)21(27,2)3/h4-12,14H,13H2,1-3H3,(H,22,29)/t14-/m0/s1. The van der Waals surface area contributed by atoms with E-state index in [2.05, 4.69) is 20.8 Å². The van der Waals surface area contributed by atoms with Crippen LogP contribution in [0.3, 0.4) is 0 Å². The molecule has 8 nitrogen and oxygen atoms in total. The van der Waals surface area contributed by atoms with E-state index in [1.807, 2.05) is 48.5 Å². The summed E-state index contributed by atoms with van der Waals surface area (Å²) >= 11 is 1.28. The molecule has 1 aliphatic heterocycles. The maximum Gasteiger partial charge on any atom is 0.250 e. The lowest BCUT2D eigenvalue weighted by molar-refractivity contribution is -0.126. The monoisotopic (exact) mass is 422 g/mol. The van der Waals surface area contributed by atoms with Crippen LogP contribution in [0.4, 0.5) is 11.4 Å². The van der Waals surface area contributed by atoms with Crippen LogP contribution in [0.2, 0.25) is 0 Å². The molecule has 154 valence electrons. The van der Waals surface area contributed by atoms with Gasteiger partial charge < -0.3 is 5.32 Å². The molecule has 30 heavy (non-hydrogen) atoms. The summed E-state index contributed by atoms with van der Waals surface area (Å²) in [6.07, 6.45) is 0. The minimum absolute atomic E-state index is 0.179. The van der Waals surface area contributed by atoms with E-state index >= 15 is 0 Å². The summed E-state index contributed by atoms with van der Waals surface area (Å²) in [5.74, 6) is -0.401. The highest BCUT2D eigenvalue weighted by Gasteiger charge is 2.45. The summed E-state index contributed by atoms with van der Waals surface area (Å²) < 4.78 is 1.67. The molecule has 1 aliphatic rings.